The molecule has 2 atom stereocenters. The van der Waals surface area contributed by atoms with Gasteiger partial charge in [-0.05, 0) is 37.1 Å². The second-order valence-corrected chi connectivity index (χ2v) is 6.64. The van der Waals surface area contributed by atoms with Crippen molar-refractivity contribution < 1.29 is 9.53 Å². The van der Waals surface area contributed by atoms with Gasteiger partial charge in [-0.2, -0.15) is 0 Å². The lowest BCUT2D eigenvalue weighted by atomic mass is 10.1. The average Bonchev–Trinajstić information content (AvgIpc) is 2.60. The van der Waals surface area contributed by atoms with Gasteiger partial charge in [-0.25, -0.2) is 0 Å². The van der Waals surface area contributed by atoms with Gasteiger partial charge in [0, 0.05) is 44.1 Å². The van der Waals surface area contributed by atoms with E-state index in [4.69, 9.17) is 4.74 Å². The van der Waals surface area contributed by atoms with Crippen molar-refractivity contribution in [2.45, 2.75) is 39.1 Å². The third-order valence-electron chi connectivity index (χ3n) is 4.39. The van der Waals surface area contributed by atoms with Crippen molar-refractivity contribution in [3.63, 3.8) is 0 Å². The van der Waals surface area contributed by atoms with Gasteiger partial charge in [-0.15, -0.1) is 0 Å². The minimum Gasteiger partial charge on any atom is -0.373 e. The summed E-state index contributed by atoms with van der Waals surface area (Å²) in [6.07, 6.45) is 3.76. The molecule has 1 aliphatic heterocycles. The molecule has 5 nitrogen and oxygen atoms in total. The van der Waals surface area contributed by atoms with Crippen molar-refractivity contribution in [2.24, 2.45) is 0 Å². The van der Waals surface area contributed by atoms with E-state index in [0.29, 0.717) is 12.1 Å². The summed E-state index contributed by atoms with van der Waals surface area (Å²) >= 11 is 0. The first kappa shape index (κ1) is 17.6. The molecule has 0 radical (unpaired) electrons. The van der Waals surface area contributed by atoms with Crippen molar-refractivity contribution in [2.75, 3.05) is 13.1 Å². The van der Waals surface area contributed by atoms with Crippen molar-refractivity contribution >= 4 is 5.91 Å². The van der Waals surface area contributed by atoms with E-state index in [2.05, 4.69) is 47.2 Å². The summed E-state index contributed by atoms with van der Waals surface area (Å²) in [5.74, 6) is -0.0779. The number of carbonyl (C=O) groups is 1. The quantitative estimate of drug-likeness (QED) is 0.910. The number of aromatic nitrogens is 1. The van der Waals surface area contributed by atoms with E-state index in [9.17, 15) is 4.79 Å². The number of nitrogens with zero attached hydrogens (tertiary/aromatic N) is 2. The molecule has 1 saturated heterocycles. The number of carbonyl (C=O) groups excluding carboxylic acids is 1. The Balaban J connectivity index is 1.64. The zero-order chi connectivity index (χ0) is 17.6. The number of hydrogen-bond donors (Lipinski definition) is 1. The topological polar surface area (TPSA) is 54.5 Å². The number of morpholine rings is 1. The van der Waals surface area contributed by atoms with Gasteiger partial charge in [0.05, 0.1) is 12.2 Å². The van der Waals surface area contributed by atoms with Crippen LogP contribution >= 0.6 is 0 Å². The second kappa shape index (κ2) is 8.23. The van der Waals surface area contributed by atoms with Crippen LogP contribution in [-0.2, 0) is 17.8 Å². The lowest BCUT2D eigenvalue weighted by Gasteiger charge is -2.35. The summed E-state index contributed by atoms with van der Waals surface area (Å²) in [6.45, 7) is 7.49. The number of hydrogen-bond acceptors (Lipinski definition) is 4. The third kappa shape index (κ3) is 4.87. The molecule has 2 heterocycles. The summed E-state index contributed by atoms with van der Waals surface area (Å²) in [7, 11) is 0. The largest absolute Gasteiger partial charge is 0.373 e. The first-order valence-electron chi connectivity index (χ1n) is 8.74. The van der Waals surface area contributed by atoms with Crippen LogP contribution in [-0.4, -0.2) is 41.1 Å². The highest BCUT2D eigenvalue weighted by molar-refractivity contribution is 5.93. The Labute approximate surface area is 149 Å². The molecule has 1 N–H and O–H groups in total. The van der Waals surface area contributed by atoms with E-state index in [1.807, 2.05) is 6.07 Å². The van der Waals surface area contributed by atoms with Crippen LogP contribution < -0.4 is 5.32 Å². The molecular weight excluding hydrogens is 314 g/mol. The molecule has 132 valence electrons. The summed E-state index contributed by atoms with van der Waals surface area (Å²) in [4.78, 5) is 18.6. The third-order valence-corrected chi connectivity index (χ3v) is 4.39. The maximum Gasteiger partial charge on any atom is 0.251 e. The van der Waals surface area contributed by atoms with E-state index in [1.54, 1.807) is 24.5 Å². The van der Waals surface area contributed by atoms with Crippen LogP contribution in [0.15, 0.2) is 48.8 Å². The monoisotopic (exact) mass is 339 g/mol. The summed E-state index contributed by atoms with van der Waals surface area (Å²) in [6, 6.07) is 11.7. The van der Waals surface area contributed by atoms with E-state index in [0.717, 1.165) is 25.2 Å². The molecule has 1 aromatic carbocycles. The fourth-order valence-corrected chi connectivity index (χ4v) is 3.32. The molecule has 0 spiro atoms. The van der Waals surface area contributed by atoms with Crippen LogP contribution in [0.5, 0.6) is 0 Å². The summed E-state index contributed by atoms with van der Waals surface area (Å²) in [5, 5.41) is 3.00. The zero-order valence-corrected chi connectivity index (χ0v) is 14.8. The Morgan fingerprint density at radius 2 is 1.76 bits per heavy atom. The molecule has 0 saturated carbocycles. The highest BCUT2D eigenvalue weighted by Gasteiger charge is 2.22. The van der Waals surface area contributed by atoms with E-state index in [-0.39, 0.29) is 18.1 Å². The summed E-state index contributed by atoms with van der Waals surface area (Å²) in [5.41, 5.74) is 3.03. The smallest absolute Gasteiger partial charge is 0.251 e. The second-order valence-electron chi connectivity index (χ2n) is 6.64. The van der Waals surface area contributed by atoms with Gasteiger partial charge in [-0.1, -0.05) is 24.3 Å². The molecule has 25 heavy (non-hydrogen) atoms. The van der Waals surface area contributed by atoms with Crippen molar-refractivity contribution in [3.05, 3.63) is 65.5 Å². The lowest BCUT2D eigenvalue weighted by Crippen LogP contribution is -2.45. The minimum absolute atomic E-state index is 0.0779. The average molecular weight is 339 g/mol. The number of pyridine rings is 1. The summed E-state index contributed by atoms with van der Waals surface area (Å²) < 4.78 is 5.81. The minimum atomic E-state index is -0.0779. The van der Waals surface area contributed by atoms with Gasteiger partial charge in [0.2, 0.25) is 0 Å². The number of rotatable bonds is 5. The maximum absolute atomic E-state index is 12.2. The molecule has 1 amide bonds. The predicted molar refractivity (Wildman–Crippen MR) is 97.1 cm³/mol. The van der Waals surface area contributed by atoms with Crippen LogP contribution in [0.3, 0.4) is 0 Å². The van der Waals surface area contributed by atoms with Crippen molar-refractivity contribution in [1.82, 2.24) is 15.2 Å². The van der Waals surface area contributed by atoms with Crippen LogP contribution in [0.1, 0.15) is 35.3 Å². The Bertz CT molecular complexity index is 695. The van der Waals surface area contributed by atoms with Crippen LogP contribution in [0.2, 0.25) is 0 Å². The van der Waals surface area contributed by atoms with Crippen LogP contribution in [0.4, 0.5) is 0 Å². The van der Waals surface area contributed by atoms with Crippen LogP contribution in [0, 0.1) is 0 Å². The Hall–Kier alpha value is -2.24. The highest BCUT2D eigenvalue weighted by atomic mass is 16.5. The normalized spacial score (nSPS) is 21.0. The molecular formula is C20H25N3O2. The molecule has 2 aromatic rings. The van der Waals surface area contributed by atoms with Gasteiger partial charge in [0.1, 0.15) is 0 Å². The van der Waals surface area contributed by atoms with E-state index >= 15 is 0 Å². The maximum atomic E-state index is 12.2. The Morgan fingerprint density at radius 3 is 2.44 bits per heavy atom. The van der Waals surface area contributed by atoms with Gasteiger partial charge in [0.25, 0.3) is 5.91 Å². The molecule has 1 aromatic heterocycles. The van der Waals surface area contributed by atoms with Gasteiger partial charge in [-0.3, -0.25) is 14.7 Å². The number of ether oxygens (including phenoxy) is 1. The lowest BCUT2D eigenvalue weighted by molar-refractivity contribution is -0.0705. The fraction of sp³-hybridized carbons (Fsp3) is 0.400. The Morgan fingerprint density at radius 1 is 1.12 bits per heavy atom. The van der Waals surface area contributed by atoms with Gasteiger partial charge < -0.3 is 10.1 Å². The van der Waals surface area contributed by atoms with E-state index < -0.39 is 0 Å². The molecule has 1 aliphatic rings. The molecule has 5 heteroatoms. The van der Waals surface area contributed by atoms with Gasteiger partial charge >= 0.3 is 0 Å². The zero-order valence-electron chi connectivity index (χ0n) is 14.8. The molecule has 1 fully saturated rings. The first-order chi connectivity index (χ1) is 12.1. The SMILES string of the molecule is CC1CN(Cc2ccccc2CNC(=O)c2ccncc2)CC(C)O1. The van der Waals surface area contributed by atoms with Crippen LogP contribution in [0.25, 0.3) is 0 Å². The van der Waals surface area contributed by atoms with Gasteiger partial charge in [0.15, 0.2) is 0 Å². The molecule has 2 unspecified atom stereocenters. The molecule has 0 bridgehead atoms. The highest BCUT2D eigenvalue weighted by Crippen LogP contribution is 2.17. The van der Waals surface area contributed by atoms with E-state index in [1.165, 1.54) is 5.56 Å². The van der Waals surface area contributed by atoms with Crippen molar-refractivity contribution in [3.8, 4) is 0 Å². The fourth-order valence-electron chi connectivity index (χ4n) is 3.32. The number of benzene rings is 1. The van der Waals surface area contributed by atoms with Crippen molar-refractivity contribution in [1.29, 1.82) is 0 Å². The predicted octanol–water partition coefficient (Wildman–Crippen LogP) is 2.62. The standard InChI is InChI=1S/C20H25N3O2/c1-15-12-23(13-16(2)25-15)14-19-6-4-3-5-18(19)11-22-20(24)17-7-9-21-10-8-17/h3-10,15-16H,11-14H2,1-2H3,(H,22,24). The Kier molecular flexibility index (Phi) is 5.79. The molecule has 3 rings (SSSR count). The molecule has 0 aliphatic carbocycles. The first-order valence-corrected chi connectivity index (χ1v) is 8.74. The number of nitrogens with one attached hydrogen (secondary N) is 1. The number of amides is 1.